The molecule has 0 aliphatic rings. The summed E-state index contributed by atoms with van der Waals surface area (Å²) in [6.07, 6.45) is 2.73. The van der Waals surface area contributed by atoms with Crippen molar-refractivity contribution in [2.45, 2.75) is 6.42 Å². The van der Waals surface area contributed by atoms with Crippen LogP contribution in [0, 0.1) is 5.92 Å². The number of nitrogens with zero attached hydrogens (tertiary/aromatic N) is 1. The van der Waals surface area contributed by atoms with Crippen molar-refractivity contribution in [2.24, 2.45) is 16.6 Å². The molecule has 0 aromatic heterocycles. The average molecular weight is 211 g/mol. The minimum absolute atomic E-state index is 0.278. The number of rotatable bonds is 4. The lowest BCUT2D eigenvalue weighted by Crippen LogP contribution is -2.18. The van der Waals surface area contributed by atoms with Crippen molar-refractivity contribution in [3.8, 4) is 0 Å². The van der Waals surface area contributed by atoms with Gasteiger partial charge in [-0.25, -0.2) is 0 Å². The Labute approximate surface area is 89.8 Å². The monoisotopic (exact) mass is 210 g/mol. The van der Waals surface area contributed by atoms with Gasteiger partial charge in [-0.2, -0.15) is 0 Å². The first-order chi connectivity index (χ1) is 6.77. The molecule has 1 unspecified atom stereocenters. The second-order valence-corrected chi connectivity index (χ2v) is 3.61. The maximum atomic E-state index is 6.04. The van der Waals surface area contributed by atoms with Crippen LogP contribution in [0.1, 0.15) is 5.56 Å². The number of aliphatic imine (C=N–C) groups is 1. The Bertz CT molecular complexity index is 310. The number of benzene rings is 1. The van der Waals surface area contributed by atoms with Crippen LogP contribution in [0.15, 0.2) is 29.3 Å². The van der Waals surface area contributed by atoms with E-state index in [2.05, 4.69) is 4.99 Å². The maximum Gasteiger partial charge on any atom is 0.0438 e. The topological polar surface area (TPSA) is 38.4 Å². The molecule has 0 amide bonds. The number of nitrogens with two attached hydrogens (primary N) is 1. The molecule has 3 heteroatoms. The van der Waals surface area contributed by atoms with E-state index in [1.807, 2.05) is 30.5 Å². The minimum Gasteiger partial charge on any atom is -0.330 e. The summed E-state index contributed by atoms with van der Waals surface area (Å²) in [7, 11) is 1.76. The van der Waals surface area contributed by atoms with E-state index < -0.39 is 0 Å². The van der Waals surface area contributed by atoms with Gasteiger partial charge in [-0.15, -0.1) is 0 Å². The molecule has 1 rings (SSSR count). The summed E-state index contributed by atoms with van der Waals surface area (Å²) in [5.41, 5.74) is 6.75. The van der Waals surface area contributed by atoms with Crippen LogP contribution in [0.5, 0.6) is 0 Å². The summed E-state index contributed by atoms with van der Waals surface area (Å²) >= 11 is 6.04. The van der Waals surface area contributed by atoms with E-state index in [0.717, 1.165) is 17.0 Å². The molecule has 2 nitrogen and oxygen atoms in total. The molecule has 0 fully saturated rings. The Morgan fingerprint density at radius 3 is 2.79 bits per heavy atom. The van der Waals surface area contributed by atoms with Crippen molar-refractivity contribution in [3.63, 3.8) is 0 Å². The first-order valence-corrected chi connectivity index (χ1v) is 5.01. The largest absolute Gasteiger partial charge is 0.330 e. The van der Waals surface area contributed by atoms with Gasteiger partial charge in [0.05, 0.1) is 0 Å². The third-order valence-corrected chi connectivity index (χ3v) is 2.47. The Kier molecular flexibility index (Phi) is 4.63. The van der Waals surface area contributed by atoms with Gasteiger partial charge in [0.1, 0.15) is 0 Å². The van der Waals surface area contributed by atoms with Crippen LogP contribution in [0.3, 0.4) is 0 Å². The highest BCUT2D eigenvalue weighted by Crippen LogP contribution is 2.17. The lowest BCUT2D eigenvalue weighted by atomic mass is 10.0. The average Bonchev–Trinajstić information content (AvgIpc) is 2.20. The second kappa shape index (κ2) is 5.78. The summed E-state index contributed by atoms with van der Waals surface area (Å²) in [5, 5.41) is 0.801. The van der Waals surface area contributed by atoms with Crippen LogP contribution in [-0.4, -0.2) is 19.8 Å². The van der Waals surface area contributed by atoms with Crippen LogP contribution >= 0.6 is 11.6 Å². The van der Waals surface area contributed by atoms with Crippen molar-refractivity contribution in [2.75, 3.05) is 13.6 Å². The van der Waals surface area contributed by atoms with Gasteiger partial charge in [-0.05, 0) is 18.1 Å². The van der Waals surface area contributed by atoms with Crippen LogP contribution < -0.4 is 5.73 Å². The highest BCUT2D eigenvalue weighted by Gasteiger charge is 2.06. The van der Waals surface area contributed by atoms with Crippen LogP contribution in [0.25, 0.3) is 0 Å². The van der Waals surface area contributed by atoms with Crippen molar-refractivity contribution in [1.82, 2.24) is 0 Å². The first-order valence-electron chi connectivity index (χ1n) is 4.63. The van der Waals surface area contributed by atoms with Crippen LogP contribution in [0.2, 0.25) is 5.02 Å². The molecule has 1 atom stereocenters. The van der Waals surface area contributed by atoms with E-state index in [0.29, 0.717) is 6.54 Å². The fourth-order valence-corrected chi connectivity index (χ4v) is 1.57. The Morgan fingerprint density at radius 2 is 2.21 bits per heavy atom. The standard InChI is InChI=1S/C11H15ClN2/c1-14-8-9(7-13)6-10-4-2-3-5-11(10)12/h2-5,8-9H,6-7,13H2,1H3/b14-8-. The van der Waals surface area contributed by atoms with Gasteiger partial charge in [0.15, 0.2) is 0 Å². The zero-order chi connectivity index (χ0) is 10.4. The van der Waals surface area contributed by atoms with Crippen LogP contribution in [-0.2, 0) is 6.42 Å². The predicted molar refractivity (Wildman–Crippen MR) is 62.1 cm³/mol. The normalized spacial score (nSPS) is 13.4. The van der Waals surface area contributed by atoms with E-state index in [1.165, 1.54) is 0 Å². The van der Waals surface area contributed by atoms with Gasteiger partial charge in [0.25, 0.3) is 0 Å². The van der Waals surface area contributed by atoms with E-state index in [-0.39, 0.29) is 5.92 Å². The van der Waals surface area contributed by atoms with Crippen LogP contribution in [0.4, 0.5) is 0 Å². The molecule has 0 saturated carbocycles. The third-order valence-electron chi connectivity index (χ3n) is 2.10. The smallest absolute Gasteiger partial charge is 0.0438 e. The Hall–Kier alpha value is -0.860. The number of hydrogen-bond donors (Lipinski definition) is 1. The van der Waals surface area contributed by atoms with Crippen molar-refractivity contribution in [3.05, 3.63) is 34.9 Å². The van der Waals surface area contributed by atoms with Gasteiger partial charge in [0.2, 0.25) is 0 Å². The molecule has 0 saturated heterocycles. The van der Waals surface area contributed by atoms with E-state index in [1.54, 1.807) is 7.05 Å². The summed E-state index contributed by atoms with van der Waals surface area (Å²) < 4.78 is 0. The molecular weight excluding hydrogens is 196 g/mol. The zero-order valence-electron chi connectivity index (χ0n) is 8.28. The van der Waals surface area contributed by atoms with Gasteiger partial charge in [0, 0.05) is 30.7 Å². The highest BCUT2D eigenvalue weighted by atomic mass is 35.5. The summed E-state index contributed by atoms with van der Waals surface area (Å²) in [6.45, 7) is 0.600. The minimum atomic E-state index is 0.278. The molecule has 1 aromatic rings. The SMILES string of the molecule is C/N=C\C(CN)Cc1ccccc1Cl. The highest BCUT2D eigenvalue weighted by molar-refractivity contribution is 6.31. The molecule has 0 aliphatic heterocycles. The molecule has 0 spiro atoms. The molecule has 76 valence electrons. The van der Waals surface area contributed by atoms with Gasteiger partial charge in [-0.3, -0.25) is 0 Å². The van der Waals surface area contributed by atoms with Crippen molar-refractivity contribution in [1.29, 1.82) is 0 Å². The molecular formula is C11H15ClN2. The van der Waals surface area contributed by atoms with Crippen molar-refractivity contribution >= 4 is 17.8 Å². The van der Waals surface area contributed by atoms with Gasteiger partial charge in [-0.1, -0.05) is 29.8 Å². The molecule has 0 radical (unpaired) electrons. The molecule has 0 bridgehead atoms. The lowest BCUT2D eigenvalue weighted by Gasteiger charge is -2.10. The Morgan fingerprint density at radius 1 is 1.50 bits per heavy atom. The first kappa shape index (κ1) is 11.2. The van der Waals surface area contributed by atoms with E-state index in [9.17, 15) is 0 Å². The summed E-state index contributed by atoms with van der Waals surface area (Å²) in [6, 6.07) is 7.83. The summed E-state index contributed by atoms with van der Waals surface area (Å²) in [4.78, 5) is 3.98. The molecule has 14 heavy (non-hydrogen) atoms. The quantitative estimate of drug-likeness (QED) is 0.760. The number of hydrogen-bond acceptors (Lipinski definition) is 2. The van der Waals surface area contributed by atoms with E-state index >= 15 is 0 Å². The zero-order valence-corrected chi connectivity index (χ0v) is 9.04. The fourth-order valence-electron chi connectivity index (χ4n) is 1.35. The van der Waals surface area contributed by atoms with Gasteiger partial charge < -0.3 is 10.7 Å². The predicted octanol–water partition coefficient (Wildman–Crippen LogP) is 2.16. The molecule has 1 aromatic carbocycles. The fraction of sp³-hybridized carbons (Fsp3) is 0.364. The third kappa shape index (κ3) is 3.13. The lowest BCUT2D eigenvalue weighted by molar-refractivity contribution is 0.710. The number of halogens is 1. The van der Waals surface area contributed by atoms with E-state index in [4.69, 9.17) is 17.3 Å². The van der Waals surface area contributed by atoms with Gasteiger partial charge >= 0.3 is 0 Å². The summed E-state index contributed by atoms with van der Waals surface area (Å²) in [5.74, 6) is 0.278. The maximum absolute atomic E-state index is 6.04. The molecule has 2 N–H and O–H groups in total. The Balaban J connectivity index is 2.71. The van der Waals surface area contributed by atoms with Crippen molar-refractivity contribution < 1.29 is 0 Å². The molecule has 0 heterocycles. The molecule has 0 aliphatic carbocycles. The second-order valence-electron chi connectivity index (χ2n) is 3.20.